The lowest BCUT2D eigenvalue weighted by Crippen LogP contribution is -2.30. The van der Waals surface area contributed by atoms with Gasteiger partial charge in [-0.2, -0.15) is 0 Å². The number of aryl methyl sites for hydroxylation is 1. The highest BCUT2D eigenvalue weighted by Gasteiger charge is 2.35. The minimum Gasteiger partial charge on any atom is -0.479 e. The Hall–Kier alpha value is -4.77. The van der Waals surface area contributed by atoms with E-state index in [-0.39, 0.29) is 11.6 Å². The molecule has 0 atom stereocenters. The van der Waals surface area contributed by atoms with Crippen LogP contribution in [0.1, 0.15) is 54.2 Å². The summed E-state index contributed by atoms with van der Waals surface area (Å²) in [4.78, 5) is 25.7. The number of hydrogen-bond donors (Lipinski definition) is 1. The molecule has 2 aromatic heterocycles. The number of methoxy groups -OCH3 is 1. The van der Waals surface area contributed by atoms with Gasteiger partial charge in [-0.1, -0.05) is 11.7 Å². The quantitative estimate of drug-likeness (QED) is 0.495. The zero-order valence-corrected chi connectivity index (χ0v) is 21.0. The van der Waals surface area contributed by atoms with Crippen molar-refractivity contribution in [2.75, 3.05) is 30.4 Å². The summed E-state index contributed by atoms with van der Waals surface area (Å²) in [5.41, 5.74) is 3.01. The number of piperidine rings is 1. The van der Waals surface area contributed by atoms with Crippen molar-refractivity contribution < 1.29 is 14.3 Å². The van der Waals surface area contributed by atoms with E-state index in [0.29, 0.717) is 22.9 Å². The van der Waals surface area contributed by atoms with Crippen LogP contribution in [0.4, 0.5) is 11.5 Å². The van der Waals surface area contributed by atoms with Gasteiger partial charge in [0.05, 0.1) is 35.7 Å². The molecule has 0 aliphatic carbocycles. The van der Waals surface area contributed by atoms with Gasteiger partial charge < -0.3 is 15.0 Å². The molecule has 11 nitrogen and oxygen atoms in total. The SMILES string of the molecule is CCC1=[N+]=CN2C(=C1)N=[N+]=C2C#Cc1cc(C(=O)Nc2cnc(N3CCCCC3)c(C)c2)nnc1OC. The second-order valence-electron chi connectivity index (χ2n) is 8.75. The lowest BCUT2D eigenvalue weighted by Gasteiger charge is -2.29. The fraction of sp³-hybridized carbons (Fsp3) is 0.346. The number of aromatic nitrogens is 3. The van der Waals surface area contributed by atoms with Crippen LogP contribution in [0, 0.1) is 18.8 Å². The molecule has 1 saturated heterocycles. The number of hydrogen-bond acceptors (Lipinski definition) is 8. The van der Waals surface area contributed by atoms with Gasteiger partial charge in [-0.25, -0.2) is 9.65 Å². The van der Waals surface area contributed by atoms with E-state index in [2.05, 4.69) is 51.8 Å². The molecule has 3 aliphatic heterocycles. The first kappa shape index (κ1) is 23.9. The van der Waals surface area contributed by atoms with Gasteiger partial charge in [0.25, 0.3) is 11.7 Å². The van der Waals surface area contributed by atoms with E-state index < -0.39 is 5.91 Å². The largest absolute Gasteiger partial charge is 0.479 e. The molecule has 0 bridgehead atoms. The van der Waals surface area contributed by atoms with Crippen molar-refractivity contribution in [3.63, 3.8) is 0 Å². The molecular weight excluding hydrogens is 470 g/mol. The van der Waals surface area contributed by atoms with E-state index in [1.807, 2.05) is 26.0 Å². The summed E-state index contributed by atoms with van der Waals surface area (Å²) >= 11 is 0. The van der Waals surface area contributed by atoms with Crippen LogP contribution in [0.2, 0.25) is 0 Å². The molecule has 3 aliphatic rings. The van der Waals surface area contributed by atoms with Crippen molar-refractivity contribution in [3.05, 3.63) is 47.0 Å². The van der Waals surface area contributed by atoms with Crippen LogP contribution in [0.15, 0.2) is 35.3 Å². The van der Waals surface area contributed by atoms with E-state index in [9.17, 15) is 4.79 Å². The Kier molecular flexibility index (Phi) is 6.77. The maximum Gasteiger partial charge on any atom is 0.469 e. The number of carbonyl (C=O) groups is 1. The van der Waals surface area contributed by atoms with E-state index >= 15 is 0 Å². The number of pyridine rings is 1. The Labute approximate surface area is 214 Å². The number of anilines is 2. The van der Waals surface area contributed by atoms with Crippen molar-refractivity contribution in [3.8, 4) is 17.7 Å². The Morgan fingerprint density at radius 3 is 2.78 bits per heavy atom. The first-order chi connectivity index (χ1) is 18.1. The predicted molar refractivity (Wildman–Crippen MR) is 140 cm³/mol. The number of allylic oxidation sites excluding steroid dienone is 1. The van der Waals surface area contributed by atoms with Crippen molar-refractivity contribution in [1.82, 2.24) is 24.7 Å². The number of nitrogens with zero attached hydrogens (tertiary/aromatic N) is 8. The average molecular weight is 498 g/mol. The van der Waals surface area contributed by atoms with Crippen molar-refractivity contribution >= 4 is 35.3 Å². The molecule has 5 heterocycles. The molecule has 0 saturated carbocycles. The summed E-state index contributed by atoms with van der Waals surface area (Å²) in [5.74, 6) is 7.74. The molecule has 0 unspecified atom stereocenters. The third kappa shape index (κ3) is 5.11. The highest BCUT2D eigenvalue weighted by Crippen LogP contribution is 2.24. The highest BCUT2D eigenvalue weighted by atomic mass is 16.5. The predicted octanol–water partition coefficient (Wildman–Crippen LogP) is 1.96. The number of amides is 1. The van der Waals surface area contributed by atoms with Crippen LogP contribution in [-0.2, 0) is 0 Å². The first-order valence-electron chi connectivity index (χ1n) is 12.2. The summed E-state index contributed by atoms with van der Waals surface area (Å²) in [6.45, 7) is 6.03. The molecular formula is C26H27N9O2+2. The summed E-state index contributed by atoms with van der Waals surface area (Å²) in [5, 5.41) is 15.0. The van der Waals surface area contributed by atoms with Crippen molar-refractivity contribution in [2.45, 2.75) is 39.5 Å². The fourth-order valence-electron chi connectivity index (χ4n) is 4.24. The number of amidine groups is 1. The number of rotatable bonds is 5. The number of ether oxygens (including phenoxy) is 1. The minimum atomic E-state index is -0.422. The van der Waals surface area contributed by atoms with Crippen LogP contribution < -0.4 is 19.6 Å². The van der Waals surface area contributed by atoms with Gasteiger partial charge in [0.2, 0.25) is 11.6 Å². The monoisotopic (exact) mass is 497 g/mol. The molecule has 11 heteroatoms. The molecule has 0 radical (unpaired) electrons. The lowest BCUT2D eigenvalue weighted by atomic mass is 10.1. The summed E-state index contributed by atoms with van der Waals surface area (Å²) in [6.07, 6.45) is 9.58. The topological polar surface area (TPSA) is 124 Å². The smallest absolute Gasteiger partial charge is 0.469 e. The standard InChI is InChI=1S/C26H26N9O2/c1-4-19-14-23-32-31-22(35(23)16-28-19)9-8-18-13-21(30-33-26(18)37-3)25(36)29-20-12-17(2)24(27-15-20)34-10-6-5-7-11-34/h12-16H,4-7,10-11H2,1-3H3/q+1/p+1. The van der Waals surface area contributed by atoms with Crippen LogP contribution >= 0.6 is 0 Å². The number of carbonyl (C=O) groups excluding carboxylic acids is 1. The zero-order valence-electron chi connectivity index (χ0n) is 21.0. The Morgan fingerprint density at radius 1 is 1.19 bits per heavy atom. The minimum absolute atomic E-state index is 0.100. The van der Waals surface area contributed by atoms with E-state index in [0.717, 1.165) is 36.6 Å². The Morgan fingerprint density at radius 2 is 2.03 bits per heavy atom. The van der Waals surface area contributed by atoms with Crippen molar-refractivity contribution in [1.29, 1.82) is 0 Å². The third-order valence-electron chi connectivity index (χ3n) is 6.18. The fourth-order valence-corrected chi connectivity index (χ4v) is 4.24. The number of nitrogens with one attached hydrogen (secondary N) is 1. The number of fused-ring (bicyclic) bond motifs is 1. The second-order valence-corrected chi connectivity index (χ2v) is 8.75. The van der Waals surface area contributed by atoms with Gasteiger partial charge in [0.1, 0.15) is 5.82 Å². The molecule has 5 rings (SSSR count). The van der Waals surface area contributed by atoms with Gasteiger partial charge in [0.15, 0.2) is 5.69 Å². The molecule has 0 aromatic carbocycles. The third-order valence-corrected chi connectivity index (χ3v) is 6.18. The van der Waals surface area contributed by atoms with Gasteiger partial charge >= 0.3 is 12.2 Å². The van der Waals surface area contributed by atoms with E-state index in [4.69, 9.17) is 4.74 Å². The van der Waals surface area contributed by atoms with Gasteiger partial charge in [0, 0.05) is 25.4 Å². The van der Waals surface area contributed by atoms with Gasteiger partial charge in [-0.05, 0) is 49.8 Å². The maximum absolute atomic E-state index is 13.0. The summed E-state index contributed by atoms with van der Waals surface area (Å²) < 4.78 is 9.66. The molecule has 0 spiro atoms. The molecule has 1 fully saturated rings. The van der Waals surface area contributed by atoms with Gasteiger partial charge in [-0.15, -0.1) is 15.1 Å². The molecule has 1 amide bonds. The molecule has 2 aromatic rings. The van der Waals surface area contributed by atoms with Gasteiger partial charge in [-0.3, -0.25) is 4.79 Å². The lowest BCUT2D eigenvalue weighted by molar-refractivity contribution is -0.0718. The van der Waals surface area contributed by atoms with Crippen LogP contribution in [0.3, 0.4) is 0 Å². The molecule has 1 N–H and O–H groups in total. The first-order valence-corrected chi connectivity index (χ1v) is 12.2. The Bertz CT molecular complexity index is 1480. The Balaban J connectivity index is 1.33. The highest BCUT2D eigenvalue weighted by molar-refractivity contribution is 6.07. The second kappa shape index (κ2) is 10.5. The van der Waals surface area contributed by atoms with Crippen LogP contribution in [-0.4, -0.2) is 68.9 Å². The van der Waals surface area contributed by atoms with Crippen molar-refractivity contribution in [2.24, 2.45) is 5.11 Å². The van der Waals surface area contributed by atoms with E-state index in [1.54, 1.807) is 17.4 Å². The van der Waals surface area contributed by atoms with Crippen LogP contribution in [0.5, 0.6) is 5.88 Å². The average Bonchev–Trinajstić information content (AvgIpc) is 3.34. The summed E-state index contributed by atoms with van der Waals surface area (Å²) in [7, 11) is 1.47. The van der Waals surface area contributed by atoms with E-state index in [1.165, 1.54) is 32.4 Å². The maximum atomic E-state index is 13.0. The molecule has 37 heavy (non-hydrogen) atoms. The van der Waals surface area contributed by atoms with Crippen LogP contribution in [0.25, 0.3) is 0 Å². The normalized spacial score (nSPS) is 15.8. The summed E-state index contributed by atoms with van der Waals surface area (Å²) in [6, 6.07) is 3.45. The zero-order chi connectivity index (χ0) is 25.8. The molecule has 186 valence electrons.